The second-order valence-corrected chi connectivity index (χ2v) is 7.26. The first kappa shape index (κ1) is 15.0. The van der Waals surface area contributed by atoms with Gasteiger partial charge in [-0.25, -0.2) is 12.8 Å². The Bertz CT molecular complexity index is 717. The summed E-state index contributed by atoms with van der Waals surface area (Å²) in [5.74, 6) is -0.774. The Morgan fingerprint density at radius 1 is 1.10 bits per heavy atom. The van der Waals surface area contributed by atoms with Crippen LogP contribution in [0.5, 0.6) is 0 Å². The van der Waals surface area contributed by atoms with Gasteiger partial charge >= 0.3 is 0 Å². The van der Waals surface area contributed by atoms with Gasteiger partial charge in [-0.2, -0.15) is 0 Å². The van der Waals surface area contributed by atoms with Gasteiger partial charge in [-0.15, -0.1) is 0 Å². The Hall–Kier alpha value is -1.40. The van der Waals surface area contributed by atoms with Crippen molar-refractivity contribution >= 4 is 31.6 Å². The van der Waals surface area contributed by atoms with Gasteiger partial charge in [0, 0.05) is 4.83 Å². The van der Waals surface area contributed by atoms with Crippen LogP contribution < -0.4 is 4.72 Å². The normalized spacial score (nSPS) is 12.9. The zero-order valence-electron chi connectivity index (χ0n) is 10.7. The number of sulfonamides is 1. The smallest absolute Gasteiger partial charge is 0.264 e. The van der Waals surface area contributed by atoms with Crippen LogP contribution in [0.4, 0.5) is 10.1 Å². The molecule has 0 spiro atoms. The van der Waals surface area contributed by atoms with Crippen LogP contribution in [0.25, 0.3) is 0 Å². The molecular weight excluding hydrogens is 345 g/mol. The largest absolute Gasteiger partial charge is 0.279 e. The summed E-state index contributed by atoms with van der Waals surface area (Å²) in [6.45, 7) is 1.89. The number of benzene rings is 2. The third kappa shape index (κ3) is 3.19. The quantitative estimate of drug-likeness (QED) is 0.837. The average Bonchev–Trinajstić information content (AvgIpc) is 2.39. The molecule has 2 aromatic carbocycles. The summed E-state index contributed by atoms with van der Waals surface area (Å²) in [6, 6.07) is 12.3. The lowest BCUT2D eigenvalue weighted by molar-refractivity contribution is 0.570. The average molecular weight is 358 g/mol. The predicted octanol–water partition coefficient (Wildman–Crippen LogP) is 4.08. The second-order valence-electron chi connectivity index (χ2n) is 4.24. The summed E-state index contributed by atoms with van der Waals surface area (Å²) in [4.78, 5) is -0.390. The summed E-state index contributed by atoms with van der Waals surface area (Å²) in [6.07, 6.45) is 0. The Morgan fingerprint density at radius 3 is 2.35 bits per heavy atom. The first-order valence-corrected chi connectivity index (χ1v) is 8.32. The summed E-state index contributed by atoms with van der Waals surface area (Å²) in [5.41, 5.74) is 1.22. The molecule has 0 heterocycles. The van der Waals surface area contributed by atoms with Gasteiger partial charge < -0.3 is 0 Å². The van der Waals surface area contributed by atoms with E-state index >= 15 is 0 Å². The summed E-state index contributed by atoms with van der Waals surface area (Å²) in [7, 11) is -3.95. The lowest BCUT2D eigenvalue weighted by atomic mass is 10.1. The van der Waals surface area contributed by atoms with Gasteiger partial charge in [0.05, 0.1) is 5.69 Å². The predicted molar refractivity (Wildman–Crippen MR) is 81.0 cm³/mol. The van der Waals surface area contributed by atoms with Crippen molar-refractivity contribution in [1.29, 1.82) is 0 Å². The Morgan fingerprint density at radius 2 is 1.70 bits per heavy atom. The Labute approximate surface area is 126 Å². The highest BCUT2D eigenvalue weighted by atomic mass is 79.9. The molecule has 0 bridgehead atoms. The van der Waals surface area contributed by atoms with Gasteiger partial charge in [0.2, 0.25) is 0 Å². The SMILES string of the molecule is CC(Br)c1ccccc1NS(=O)(=O)c1ccccc1F. The highest BCUT2D eigenvalue weighted by Crippen LogP contribution is 2.30. The third-order valence-corrected chi connectivity index (χ3v) is 4.65. The molecule has 2 aromatic rings. The van der Waals surface area contributed by atoms with Crippen LogP contribution in [-0.2, 0) is 10.0 Å². The molecule has 1 atom stereocenters. The van der Waals surface area contributed by atoms with Gasteiger partial charge in [-0.3, -0.25) is 4.72 Å². The molecule has 0 saturated heterocycles. The minimum absolute atomic E-state index is 0.0259. The minimum atomic E-state index is -3.95. The molecule has 0 amide bonds. The van der Waals surface area contributed by atoms with E-state index in [0.29, 0.717) is 5.69 Å². The van der Waals surface area contributed by atoms with E-state index in [-0.39, 0.29) is 9.72 Å². The molecule has 6 heteroatoms. The van der Waals surface area contributed by atoms with Crippen molar-refractivity contribution in [2.45, 2.75) is 16.6 Å². The van der Waals surface area contributed by atoms with Crippen molar-refractivity contribution in [3.63, 3.8) is 0 Å². The Kier molecular flexibility index (Phi) is 4.45. The molecule has 1 unspecified atom stereocenters. The summed E-state index contributed by atoms with van der Waals surface area (Å²) >= 11 is 3.40. The van der Waals surface area contributed by atoms with Gasteiger partial charge in [0.15, 0.2) is 0 Å². The molecule has 0 aliphatic carbocycles. The van der Waals surface area contributed by atoms with Gasteiger partial charge in [-0.1, -0.05) is 46.3 Å². The molecule has 2 rings (SSSR count). The van der Waals surface area contributed by atoms with Crippen LogP contribution in [0.15, 0.2) is 53.4 Å². The molecule has 0 saturated carbocycles. The zero-order chi connectivity index (χ0) is 14.8. The maximum atomic E-state index is 13.6. The van der Waals surface area contributed by atoms with Crippen LogP contribution in [-0.4, -0.2) is 8.42 Å². The van der Waals surface area contributed by atoms with E-state index in [4.69, 9.17) is 0 Å². The third-order valence-electron chi connectivity index (χ3n) is 2.76. The number of rotatable bonds is 4. The minimum Gasteiger partial charge on any atom is -0.279 e. The first-order chi connectivity index (χ1) is 9.42. The van der Waals surface area contributed by atoms with Crippen molar-refractivity contribution in [2.24, 2.45) is 0 Å². The molecule has 106 valence electrons. The number of nitrogens with one attached hydrogen (secondary N) is 1. The molecule has 0 aliphatic heterocycles. The number of alkyl halides is 1. The highest BCUT2D eigenvalue weighted by molar-refractivity contribution is 9.09. The van der Waals surface area contributed by atoms with E-state index in [0.717, 1.165) is 11.6 Å². The number of hydrogen-bond donors (Lipinski definition) is 1. The van der Waals surface area contributed by atoms with E-state index in [1.807, 2.05) is 13.0 Å². The molecule has 20 heavy (non-hydrogen) atoms. The maximum absolute atomic E-state index is 13.6. The van der Waals surface area contributed by atoms with Crippen LogP contribution in [0.1, 0.15) is 17.3 Å². The molecule has 0 radical (unpaired) electrons. The summed E-state index contributed by atoms with van der Waals surface area (Å²) in [5, 5.41) is 0. The lowest BCUT2D eigenvalue weighted by Gasteiger charge is -2.14. The van der Waals surface area contributed by atoms with Crippen molar-refractivity contribution < 1.29 is 12.8 Å². The van der Waals surface area contributed by atoms with Gasteiger partial charge in [-0.05, 0) is 30.7 Å². The first-order valence-electron chi connectivity index (χ1n) is 5.92. The number of hydrogen-bond acceptors (Lipinski definition) is 2. The van der Waals surface area contributed by atoms with Crippen molar-refractivity contribution in [3.8, 4) is 0 Å². The fourth-order valence-electron chi connectivity index (χ4n) is 1.80. The summed E-state index contributed by atoms with van der Waals surface area (Å²) < 4.78 is 40.5. The molecular formula is C14H13BrFNO2S. The molecule has 0 aliphatic rings. The van der Waals surface area contributed by atoms with E-state index in [1.54, 1.807) is 18.2 Å². The molecule has 1 N–H and O–H groups in total. The fourth-order valence-corrected chi connectivity index (χ4v) is 3.37. The van der Waals surface area contributed by atoms with Crippen LogP contribution in [0.2, 0.25) is 0 Å². The van der Waals surface area contributed by atoms with Crippen LogP contribution >= 0.6 is 15.9 Å². The van der Waals surface area contributed by atoms with Crippen molar-refractivity contribution in [3.05, 3.63) is 59.9 Å². The second kappa shape index (κ2) is 5.93. The standard InChI is InChI=1S/C14H13BrFNO2S/c1-10(15)11-6-2-4-8-13(11)17-20(18,19)14-9-5-3-7-12(14)16/h2-10,17H,1H3. The molecule has 3 nitrogen and oxygen atoms in total. The van der Waals surface area contributed by atoms with Crippen molar-refractivity contribution in [1.82, 2.24) is 0 Å². The number of para-hydroxylation sites is 1. The number of halogens is 2. The number of anilines is 1. The topological polar surface area (TPSA) is 46.2 Å². The molecule has 0 aromatic heterocycles. The molecule has 0 fully saturated rings. The van der Waals surface area contributed by atoms with E-state index < -0.39 is 15.8 Å². The van der Waals surface area contributed by atoms with Crippen LogP contribution in [0, 0.1) is 5.82 Å². The monoisotopic (exact) mass is 357 g/mol. The maximum Gasteiger partial charge on any atom is 0.264 e. The Balaban J connectivity index is 2.42. The highest BCUT2D eigenvalue weighted by Gasteiger charge is 2.20. The van der Waals surface area contributed by atoms with E-state index in [1.165, 1.54) is 18.2 Å². The van der Waals surface area contributed by atoms with Gasteiger partial charge in [0.1, 0.15) is 10.7 Å². The van der Waals surface area contributed by atoms with E-state index in [9.17, 15) is 12.8 Å². The van der Waals surface area contributed by atoms with E-state index in [2.05, 4.69) is 20.7 Å². The fraction of sp³-hybridized carbons (Fsp3) is 0.143. The lowest BCUT2D eigenvalue weighted by Crippen LogP contribution is -2.15. The van der Waals surface area contributed by atoms with Crippen molar-refractivity contribution in [2.75, 3.05) is 4.72 Å². The van der Waals surface area contributed by atoms with Crippen LogP contribution in [0.3, 0.4) is 0 Å². The zero-order valence-corrected chi connectivity index (χ0v) is 13.1. The van der Waals surface area contributed by atoms with Gasteiger partial charge in [0.25, 0.3) is 10.0 Å².